The van der Waals surface area contributed by atoms with Crippen molar-refractivity contribution in [3.63, 3.8) is 0 Å². The van der Waals surface area contributed by atoms with Gasteiger partial charge in [0.1, 0.15) is 34.8 Å². The van der Waals surface area contributed by atoms with Crippen LogP contribution in [0.15, 0.2) is 54.7 Å². The number of halogens is 4. The average molecular weight is 452 g/mol. The first-order valence-corrected chi connectivity index (χ1v) is 10.7. The molecule has 1 saturated heterocycles. The Hall–Kier alpha value is -3.52. The summed E-state index contributed by atoms with van der Waals surface area (Å²) in [5, 5.41) is 7.09. The largest absolute Gasteiger partial charge is 0.367 e. The fourth-order valence-corrected chi connectivity index (χ4v) is 4.24. The molecule has 0 atom stereocenters. The van der Waals surface area contributed by atoms with Gasteiger partial charge in [-0.2, -0.15) is 0 Å². The van der Waals surface area contributed by atoms with Gasteiger partial charge in [-0.25, -0.2) is 22.5 Å². The fraction of sp³-hybridized carbons (Fsp3) is 0.200. The summed E-state index contributed by atoms with van der Waals surface area (Å²) in [6, 6.07) is 10.3. The molecule has 0 saturated carbocycles. The van der Waals surface area contributed by atoms with Gasteiger partial charge in [-0.05, 0) is 67.9 Å². The number of fused-ring (bicyclic) bond motifs is 1. The fourth-order valence-electron chi connectivity index (χ4n) is 4.24. The second-order valence-electron chi connectivity index (χ2n) is 8.00. The highest BCUT2D eigenvalue weighted by Gasteiger charge is 2.21. The molecule has 0 radical (unpaired) electrons. The van der Waals surface area contributed by atoms with Crippen LogP contribution >= 0.6 is 0 Å². The number of pyridine rings is 2. The third-order valence-electron chi connectivity index (χ3n) is 5.84. The molecule has 4 nitrogen and oxygen atoms in total. The first kappa shape index (κ1) is 21.3. The predicted octanol–water partition coefficient (Wildman–Crippen LogP) is 5.68. The van der Waals surface area contributed by atoms with Crippen molar-refractivity contribution in [1.82, 2.24) is 15.3 Å². The SMILES string of the molecule is Fc1ccc(-c2cc(NC3CCNCC3)nc3c(-c4c(F)cccc4F)nccc23)c(F)c1. The van der Waals surface area contributed by atoms with Crippen molar-refractivity contribution in [2.24, 2.45) is 0 Å². The lowest BCUT2D eigenvalue weighted by Crippen LogP contribution is -2.35. The van der Waals surface area contributed by atoms with Gasteiger partial charge in [-0.1, -0.05) is 6.07 Å². The van der Waals surface area contributed by atoms with Crippen LogP contribution in [0.2, 0.25) is 0 Å². The van der Waals surface area contributed by atoms with E-state index in [1.165, 1.54) is 24.4 Å². The first-order valence-electron chi connectivity index (χ1n) is 10.7. The molecule has 1 aliphatic rings. The Morgan fingerprint density at radius 2 is 1.61 bits per heavy atom. The second-order valence-corrected chi connectivity index (χ2v) is 8.00. The van der Waals surface area contributed by atoms with Gasteiger partial charge in [-0.3, -0.25) is 4.98 Å². The summed E-state index contributed by atoms with van der Waals surface area (Å²) in [6.07, 6.45) is 3.12. The molecule has 2 aromatic heterocycles. The highest BCUT2D eigenvalue weighted by Crippen LogP contribution is 2.37. The maximum absolute atomic E-state index is 14.8. The van der Waals surface area contributed by atoms with E-state index in [0.717, 1.165) is 44.1 Å². The van der Waals surface area contributed by atoms with E-state index in [0.29, 0.717) is 16.8 Å². The molecule has 0 spiro atoms. The Balaban J connectivity index is 1.76. The number of nitrogens with zero attached hydrogens (tertiary/aromatic N) is 2. The number of piperidine rings is 1. The van der Waals surface area contributed by atoms with Gasteiger partial charge in [0.2, 0.25) is 0 Å². The summed E-state index contributed by atoms with van der Waals surface area (Å²) in [5.74, 6) is -2.56. The topological polar surface area (TPSA) is 49.8 Å². The maximum Gasteiger partial charge on any atom is 0.135 e. The third kappa shape index (κ3) is 4.14. The van der Waals surface area contributed by atoms with Crippen LogP contribution in [-0.4, -0.2) is 29.1 Å². The molecular formula is C25H20F4N4. The van der Waals surface area contributed by atoms with Gasteiger partial charge < -0.3 is 10.6 Å². The Bertz CT molecular complexity index is 1320. The van der Waals surface area contributed by atoms with Crippen molar-refractivity contribution in [2.45, 2.75) is 18.9 Å². The summed E-state index contributed by atoms with van der Waals surface area (Å²) in [7, 11) is 0. The molecule has 3 heterocycles. The minimum absolute atomic E-state index is 0.0147. The van der Waals surface area contributed by atoms with Crippen molar-refractivity contribution >= 4 is 16.7 Å². The minimum atomic E-state index is -0.775. The standard InChI is InChI=1S/C25H20F4N4/c26-14-4-5-16(21(29)12-14)18-13-22(32-15-6-9-30-10-7-15)33-24-17(18)8-11-31-25(24)23-19(27)2-1-3-20(23)28/h1-5,8,11-13,15,30H,6-7,9-10H2,(H,32,33). The first-order chi connectivity index (χ1) is 16.0. The quantitative estimate of drug-likeness (QED) is 0.391. The zero-order chi connectivity index (χ0) is 22.9. The van der Waals surface area contributed by atoms with Crippen molar-refractivity contribution in [3.05, 3.63) is 78.0 Å². The van der Waals surface area contributed by atoms with Crippen LogP contribution in [0.25, 0.3) is 33.3 Å². The molecular weight excluding hydrogens is 432 g/mol. The van der Waals surface area contributed by atoms with Gasteiger partial charge in [0.05, 0.1) is 11.1 Å². The van der Waals surface area contributed by atoms with Gasteiger partial charge in [-0.15, -0.1) is 0 Å². The summed E-state index contributed by atoms with van der Waals surface area (Å²) in [6.45, 7) is 1.69. The summed E-state index contributed by atoms with van der Waals surface area (Å²) in [4.78, 5) is 8.86. The van der Waals surface area contributed by atoms with Crippen LogP contribution in [0.1, 0.15) is 12.8 Å². The number of hydrogen-bond donors (Lipinski definition) is 2. The predicted molar refractivity (Wildman–Crippen MR) is 120 cm³/mol. The number of hydrogen-bond acceptors (Lipinski definition) is 4. The van der Waals surface area contributed by atoms with E-state index in [1.54, 1.807) is 12.1 Å². The molecule has 0 aliphatic carbocycles. The summed E-state index contributed by atoms with van der Waals surface area (Å²) in [5.41, 5.74) is 0.512. The van der Waals surface area contributed by atoms with Crippen LogP contribution < -0.4 is 10.6 Å². The maximum atomic E-state index is 14.8. The van der Waals surface area contributed by atoms with E-state index in [1.807, 2.05) is 0 Å². The molecule has 1 fully saturated rings. The Morgan fingerprint density at radius 1 is 0.848 bits per heavy atom. The Kier molecular flexibility index (Phi) is 5.68. The molecule has 168 valence electrons. The normalized spacial score (nSPS) is 14.5. The van der Waals surface area contributed by atoms with Gasteiger partial charge in [0.25, 0.3) is 0 Å². The highest BCUT2D eigenvalue weighted by atomic mass is 19.1. The molecule has 1 aliphatic heterocycles. The van der Waals surface area contributed by atoms with E-state index < -0.39 is 23.3 Å². The molecule has 4 aromatic rings. The van der Waals surface area contributed by atoms with Gasteiger partial charge in [0.15, 0.2) is 0 Å². The summed E-state index contributed by atoms with van der Waals surface area (Å²) < 4.78 is 57.6. The van der Waals surface area contributed by atoms with E-state index >= 15 is 0 Å². The molecule has 8 heteroatoms. The van der Waals surface area contributed by atoms with E-state index in [4.69, 9.17) is 0 Å². The van der Waals surface area contributed by atoms with E-state index in [-0.39, 0.29) is 28.4 Å². The number of nitrogens with one attached hydrogen (secondary N) is 2. The van der Waals surface area contributed by atoms with Crippen molar-refractivity contribution in [1.29, 1.82) is 0 Å². The van der Waals surface area contributed by atoms with Crippen molar-refractivity contribution in [3.8, 4) is 22.4 Å². The lowest BCUT2D eigenvalue weighted by Gasteiger charge is -2.25. The monoisotopic (exact) mass is 452 g/mol. The van der Waals surface area contributed by atoms with Crippen LogP contribution in [0, 0.1) is 23.3 Å². The lowest BCUT2D eigenvalue weighted by molar-refractivity contribution is 0.478. The molecule has 0 amide bonds. The number of rotatable bonds is 4. The number of anilines is 1. The third-order valence-corrected chi connectivity index (χ3v) is 5.84. The van der Waals surface area contributed by atoms with Crippen LogP contribution in [-0.2, 0) is 0 Å². The Labute approximate surface area is 187 Å². The van der Waals surface area contributed by atoms with E-state index in [2.05, 4.69) is 20.6 Å². The van der Waals surface area contributed by atoms with Crippen LogP contribution in [0.5, 0.6) is 0 Å². The van der Waals surface area contributed by atoms with Crippen molar-refractivity contribution < 1.29 is 17.6 Å². The van der Waals surface area contributed by atoms with Crippen LogP contribution in [0.3, 0.4) is 0 Å². The van der Waals surface area contributed by atoms with E-state index in [9.17, 15) is 17.6 Å². The molecule has 0 unspecified atom stereocenters. The average Bonchev–Trinajstić information content (AvgIpc) is 2.80. The molecule has 5 rings (SSSR count). The Morgan fingerprint density at radius 3 is 2.33 bits per heavy atom. The highest BCUT2D eigenvalue weighted by molar-refractivity contribution is 6.02. The number of aromatic nitrogens is 2. The zero-order valence-electron chi connectivity index (χ0n) is 17.5. The lowest BCUT2D eigenvalue weighted by atomic mass is 9.98. The molecule has 2 aromatic carbocycles. The van der Waals surface area contributed by atoms with Gasteiger partial charge in [0, 0.05) is 29.3 Å². The molecule has 2 N–H and O–H groups in total. The zero-order valence-corrected chi connectivity index (χ0v) is 17.5. The smallest absolute Gasteiger partial charge is 0.135 e. The number of benzene rings is 2. The van der Waals surface area contributed by atoms with Crippen molar-refractivity contribution in [2.75, 3.05) is 18.4 Å². The molecule has 0 bridgehead atoms. The minimum Gasteiger partial charge on any atom is -0.367 e. The molecule has 33 heavy (non-hydrogen) atoms. The summed E-state index contributed by atoms with van der Waals surface area (Å²) >= 11 is 0. The second kappa shape index (κ2) is 8.78. The van der Waals surface area contributed by atoms with Gasteiger partial charge >= 0.3 is 0 Å². The van der Waals surface area contributed by atoms with Crippen LogP contribution in [0.4, 0.5) is 23.4 Å².